The highest BCUT2D eigenvalue weighted by atomic mass is 79.9. The van der Waals surface area contributed by atoms with Crippen molar-refractivity contribution < 1.29 is 14.0 Å². The molecule has 0 aliphatic rings. The van der Waals surface area contributed by atoms with Gasteiger partial charge in [0, 0.05) is 28.0 Å². The monoisotopic (exact) mass is 440 g/mol. The molecule has 2 rings (SSSR count). The van der Waals surface area contributed by atoms with E-state index in [1.165, 1.54) is 12.3 Å². The number of hydrogen-bond donors (Lipinski definition) is 2. The van der Waals surface area contributed by atoms with Gasteiger partial charge >= 0.3 is 0 Å². The fourth-order valence-corrected chi connectivity index (χ4v) is 2.85. The lowest BCUT2D eigenvalue weighted by atomic mass is 10.3. The topological polar surface area (TPSA) is 71.3 Å². The van der Waals surface area contributed by atoms with Crippen LogP contribution in [0.1, 0.15) is 12.2 Å². The van der Waals surface area contributed by atoms with Gasteiger partial charge in [-0.05, 0) is 52.3 Å². The first kappa shape index (κ1) is 17.5. The summed E-state index contributed by atoms with van der Waals surface area (Å²) in [5, 5.41) is 5.41. The van der Waals surface area contributed by atoms with Gasteiger partial charge in [-0.3, -0.25) is 9.59 Å². The van der Waals surface area contributed by atoms with Gasteiger partial charge in [-0.1, -0.05) is 15.9 Å². The molecule has 5 nitrogen and oxygen atoms in total. The second-order valence-electron chi connectivity index (χ2n) is 4.56. The van der Waals surface area contributed by atoms with Crippen molar-refractivity contribution in [2.75, 3.05) is 11.9 Å². The largest absolute Gasteiger partial charge is 0.465 e. The summed E-state index contributed by atoms with van der Waals surface area (Å²) in [6.07, 6.45) is 4.64. The maximum atomic E-state index is 11.8. The van der Waals surface area contributed by atoms with Gasteiger partial charge in [0.1, 0.15) is 5.76 Å². The normalized spacial score (nSPS) is 10.7. The summed E-state index contributed by atoms with van der Waals surface area (Å²) in [5.74, 6) is 0.139. The van der Waals surface area contributed by atoms with Gasteiger partial charge in [-0.25, -0.2) is 0 Å². The summed E-state index contributed by atoms with van der Waals surface area (Å²) in [4.78, 5) is 23.4. The number of nitrogens with one attached hydrogen (secondary N) is 2. The Balaban J connectivity index is 1.73. The van der Waals surface area contributed by atoms with E-state index in [2.05, 4.69) is 42.5 Å². The van der Waals surface area contributed by atoms with E-state index < -0.39 is 0 Å². The zero-order valence-electron chi connectivity index (χ0n) is 12.0. The first-order valence-corrected chi connectivity index (χ1v) is 8.37. The summed E-state index contributed by atoms with van der Waals surface area (Å²) < 4.78 is 6.77. The summed E-state index contributed by atoms with van der Waals surface area (Å²) in [6, 6.07) is 8.95. The third-order valence-corrected chi connectivity index (χ3v) is 3.95. The lowest BCUT2D eigenvalue weighted by Gasteiger charge is -2.08. The Morgan fingerprint density at radius 1 is 1.22 bits per heavy atom. The number of rotatable bonds is 6. The molecule has 23 heavy (non-hydrogen) atoms. The molecule has 0 saturated carbocycles. The van der Waals surface area contributed by atoms with E-state index in [1.54, 1.807) is 24.3 Å². The number of benzene rings is 1. The number of carbonyl (C=O) groups is 2. The number of amides is 2. The predicted molar refractivity (Wildman–Crippen MR) is 95.8 cm³/mol. The molecule has 1 heterocycles. The summed E-state index contributed by atoms with van der Waals surface area (Å²) in [6.45, 7) is 0.251. The number of hydrogen-bond acceptors (Lipinski definition) is 3. The van der Waals surface area contributed by atoms with E-state index >= 15 is 0 Å². The van der Waals surface area contributed by atoms with Crippen LogP contribution < -0.4 is 10.6 Å². The van der Waals surface area contributed by atoms with Crippen LogP contribution in [0.15, 0.2) is 56.0 Å². The van der Waals surface area contributed by atoms with Gasteiger partial charge in [0.2, 0.25) is 11.8 Å². The molecule has 120 valence electrons. The minimum atomic E-state index is -0.279. The van der Waals surface area contributed by atoms with Gasteiger partial charge in [0.05, 0.1) is 12.0 Å². The third-order valence-electron chi connectivity index (χ3n) is 2.80. The van der Waals surface area contributed by atoms with Crippen LogP contribution in [0.25, 0.3) is 6.08 Å². The maximum Gasteiger partial charge on any atom is 0.244 e. The van der Waals surface area contributed by atoms with Crippen molar-refractivity contribution in [1.29, 1.82) is 0 Å². The Bertz CT molecular complexity index is 712. The van der Waals surface area contributed by atoms with Crippen LogP contribution in [0, 0.1) is 0 Å². The predicted octanol–water partition coefficient (Wildman–Crippen LogP) is 3.96. The standard InChI is InChI=1S/C16H14Br2N2O3/c17-11-3-5-14(13(18)10-11)20-16(22)7-8-19-15(21)6-4-12-2-1-9-23-12/h1-6,9-10H,7-8H2,(H,19,21)(H,20,22)/b6-4+. The second-order valence-corrected chi connectivity index (χ2v) is 6.33. The molecule has 0 spiro atoms. The Kier molecular flexibility index (Phi) is 6.61. The molecule has 0 aliphatic heterocycles. The van der Waals surface area contributed by atoms with Gasteiger partial charge in [0.15, 0.2) is 0 Å². The van der Waals surface area contributed by atoms with Crippen LogP contribution in [0.5, 0.6) is 0 Å². The number of halogens is 2. The van der Waals surface area contributed by atoms with Gasteiger partial charge in [-0.2, -0.15) is 0 Å². The molecule has 1 aromatic heterocycles. The quantitative estimate of drug-likeness (QED) is 0.666. The van der Waals surface area contributed by atoms with Crippen molar-refractivity contribution in [3.8, 4) is 0 Å². The first-order chi connectivity index (χ1) is 11.0. The van der Waals surface area contributed by atoms with Gasteiger partial charge < -0.3 is 15.1 Å². The molecule has 1 aromatic carbocycles. The van der Waals surface area contributed by atoms with Crippen molar-refractivity contribution in [2.45, 2.75) is 6.42 Å². The Labute approximate surface area is 150 Å². The van der Waals surface area contributed by atoms with Crippen LogP contribution >= 0.6 is 31.9 Å². The molecule has 2 amide bonds. The van der Waals surface area contributed by atoms with Crippen molar-refractivity contribution in [2.24, 2.45) is 0 Å². The molecule has 7 heteroatoms. The molecular weight excluding hydrogens is 428 g/mol. The van der Waals surface area contributed by atoms with E-state index in [4.69, 9.17) is 4.42 Å². The molecule has 0 fully saturated rings. The van der Waals surface area contributed by atoms with E-state index in [-0.39, 0.29) is 24.8 Å². The fourth-order valence-electron chi connectivity index (χ4n) is 1.71. The molecular formula is C16H14Br2N2O3. The zero-order chi connectivity index (χ0) is 16.7. The van der Waals surface area contributed by atoms with Gasteiger partial charge in [-0.15, -0.1) is 0 Å². The Hall–Kier alpha value is -1.86. The molecule has 0 aliphatic carbocycles. The van der Waals surface area contributed by atoms with Crippen molar-refractivity contribution >= 4 is 55.4 Å². The smallest absolute Gasteiger partial charge is 0.244 e. The van der Waals surface area contributed by atoms with E-state index in [9.17, 15) is 9.59 Å². The van der Waals surface area contributed by atoms with Crippen LogP contribution in [0.2, 0.25) is 0 Å². The van der Waals surface area contributed by atoms with Crippen LogP contribution in [0.3, 0.4) is 0 Å². The molecule has 0 bridgehead atoms. The van der Waals surface area contributed by atoms with Crippen LogP contribution in [-0.4, -0.2) is 18.4 Å². The molecule has 2 N–H and O–H groups in total. The minimum absolute atomic E-state index is 0.177. The molecule has 2 aromatic rings. The average Bonchev–Trinajstić information content (AvgIpc) is 3.01. The first-order valence-electron chi connectivity index (χ1n) is 6.79. The third kappa shape index (κ3) is 6.03. The van der Waals surface area contributed by atoms with E-state index in [1.807, 2.05) is 12.1 Å². The van der Waals surface area contributed by atoms with Crippen molar-refractivity contribution in [1.82, 2.24) is 5.32 Å². The maximum absolute atomic E-state index is 11.8. The highest BCUT2D eigenvalue weighted by Crippen LogP contribution is 2.26. The summed E-state index contributed by atoms with van der Waals surface area (Å²) in [5.41, 5.74) is 0.683. The Morgan fingerprint density at radius 2 is 2.04 bits per heavy atom. The Morgan fingerprint density at radius 3 is 2.74 bits per heavy atom. The lowest BCUT2D eigenvalue weighted by Crippen LogP contribution is -2.26. The number of carbonyl (C=O) groups excluding carboxylic acids is 2. The fraction of sp³-hybridized carbons (Fsp3) is 0.125. The SMILES string of the molecule is O=C(/C=C/c1ccco1)NCCC(=O)Nc1ccc(Br)cc1Br. The molecule has 0 saturated heterocycles. The molecule has 0 radical (unpaired) electrons. The van der Waals surface area contributed by atoms with Crippen molar-refractivity contribution in [3.63, 3.8) is 0 Å². The van der Waals surface area contributed by atoms with Crippen molar-refractivity contribution in [3.05, 3.63) is 57.4 Å². The lowest BCUT2D eigenvalue weighted by molar-refractivity contribution is -0.117. The van der Waals surface area contributed by atoms with Crippen LogP contribution in [-0.2, 0) is 9.59 Å². The number of furan rings is 1. The van der Waals surface area contributed by atoms with Crippen LogP contribution in [0.4, 0.5) is 5.69 Å². The molecule has 0 atom stereocenters. The zero-order valence-corrected chi connectivity index (χ0v) is 15.2. The minimum Gasteiger partial charge on any atom is -0.465 e. The highest BCUT2D eigenvalue weighted by molar-refractivity contribution is 9.11. The second kappa shape index (κ2) is 8.69. The van der Waals surface area contributed by atoms with Gasteiger partial charge in [0.25, 0.3) is 0 Å². The average molecular weight is 442 g/mol. The summed E-state index contributed by atoms with van der Waals surface area (Å²) in [7, 11) is 0. The van der Waals surface area contributed by atoms with E-state index in [0.29, 0.717) is 11.4 Å². The highest BCUT2D eigenvalue weighted by Gasteiger charge is 2.06. The molecule has 0 unspecified atom stereocenters. The van der Waals surface area contributed by atoms with E-state index in [0.717, 1.165) is 8.95 Å². The number of anilines is 1. The summed E-state index contributed by atoms with van der Waals surface area (Å²) >= 11 is 6.72.